The average Bonchev–Trinajstić information content (AvgIpc) is 3.35. The maximum absolute atomic E-state index is 9.69. The number of aryl methyl sites for hydroxylation is 2. The van der Waals surface area contributed by atoms with Crippen LogP contribution in [0.25, 0.3) is 55.8 Å². The number of aromatic nitrogens is 4. The summed E-state index contributed by atoms with van der Waals surface area (Å²) >= 11 is 0. The van der Waals surface area contributed by atoms with Crippen molar-refractivity contribution in [1.82, 2.24) is 19.9 Å². The molecule has 1 aliphatic heterocycles. The van der Waals surface area contributed by atoms with Crippen LogP contribution in [-0.4, -0.2) is 19.9 Å². The molecule has 0 atom stereocenters. The second-order valence-corrected chi connectivity index (χ2v) is 15.4. The normalized spacial score (nSPS) is 11.5. The Balaban J connectivity index is 1.30. The van der Waals surface area contributed by atoms with Crippen molar-refractivity contribution in [2.75, 3.05) is 9.80 Å². The molecule has 1 aliphatic rings. The van der Waals surface area contributed by atoms with Gasteiger partial charge in [-0.3, -0.25) is 9.80 Å². The van der Waals surface area contributed by atoms with E-state index < -0.39 is 0 Å². The van der Waals surface area contributed by atoms with Gasteiger partial charge in [-0.25, -0.2) is 19.9 Å². The molecule has 64 heavy (non-hydrogen) atoms. The maximum Gasteiger partial charge on any atom is 0.183 e. The number of benzene rings is 7. The van der Waals surface area contributed by atoms with E-state index in [1.807, 2.05) is 133 Å². The van der Waals surface area contributed by atoms with Crippen LogP contribution >= 0.6 is 0 Å². The van der Waals surface area contributed by atoms with Crippen molar-refractivity contribution in [2.45, 2.75) is 13.8 Å². The minimum atomic E-state index is 0.504. The zero-order chi connectivity index (χ0) is 43.9. The minimum absolute atomic E-state index is 0.504. The summed E-state index contributed by atoms with van der Waals surface area (Å²) in [6, 6.07) is 58.7. The molecule has 0 bridgehead atoms. The fourth-order valence-corrected chi connectivity index (χ4v) is 7.91. The zero-order valence-electron chi connectivity index (χ0n) is 34.5. The second-order valence-electron chi connectivity index (χ2n) is 15.4. The van der Waals surface area contributed by atoms with E-state index in [4.69, 9.17) is 19.9 Å². The smallest absolute Gasteiger partial charge is 0.183 e. The molecule has 7 aromatic carbocycles. The molecule has 3 heterocycles. The summed E-state index contributed by atoms with van der Waals surface area (Å²) in [7, 11) is 0. The summed E-state index contributed by atoms with van der Waals surface area (Å²) < 4.78 is 0. The minimum Gasteiger partial charge on any atom is -0.273 e. The third-order valence-corrected chi connectivity index (χ3v) is 11.3. The number of hydrogen-bond acceptors (Lipinski definition) is 10. The van der Waals surface area contributed by atoms with Gasteiger partial charge >= 0.3 is 0 Å². The quantitative estimate of drug-likeness (QED) is 0.158. The van der Waals surface area contributed by atoms with E-state index in [0.717, 1.165) is 55.9 Å². The van der Waals surface area contributed by atoms with E-state index in [9.17, 15) is 21.0 Å². The van der Waals surface area contributed by atoms with Gasteiger partial charge in [0.2, 0.25) is 0 Å². The van der Waals surface area contributed by atoms with Crippen molar-refractivity contribution >= 4 is 45.7 Å². The van der Waals surface area contributed by atoms with Crippen molar-refractivity contribution in [3.8, 4) is 69.0 Å². The first-order valence-corrected chi connectivity index (χ1v) is 20.4. The van der Waals surface area contributed by atoms with Gasteiger partial charge in [-0.15, -0.1) is 0 Å². The van der Waals surface area contributed by atoms with Gasteiger partial charge in [-0.1, -0.05) is 83.9 Å². The van der Waals surface area contributed by atoms with Crippen LogP contribution in [-0.2, 0) is 0 Å². The standard InChI is InChI=1S/C54H32N10/c1-33-3-23-43(24-4-33)63-51-52(60-48-28-46(40-17-9-36(30-56)10-18-40)45(27-47(48)59-51)39-15-7-35(29-55)8-16-39)64(44-25-5-34(2)6-26-44)54-53(63)61-49(41-19-11-37(31-57)12-20-41)50(62-54)42-21-13-38(32-58)14-22-42/h3-28H,1-2H3. The van der Waals surface area contributed by atoms with Gasteiger partial charge in [0.05, 0.1) is 69.0 Å². The van der Waals surface area contributed by atoms with Crippen LogP contribution in [0.5, 0.6) is 0 Å². The molecule has 10 nitrogen and oxygen atoms in total. The first-order valence-electron chi connectivity index (χ1n) is 20.4. The fourth-order valence-electron chi connectivity index (χ4n) is 7.91. The molecule has 0 saturated heterocycles. The first kappa shape index (κ1) is 38.7. The van der Waals surface area contributed by atoms with Crippen molar-refractivity contribution in [1.29, 1.82) is 21.0 Å². The molecule has 298 valence electrons. The lowest BCUT2D eigenvalue weighted by Gasteiger charge is -2.37. The highest BCUT2D eigenvalue weighted by molar-refractivity contribution is 6.02. The molecule has 0 fully saturated rings. The predicted octanol–water partition coefficient (Wildman–Crippen LogP) is 12.4. The molecular weight excluding hydrogens is 789 g/mol. The second kappa shape index (κ2) is 15.8. The lowest BCUT2D eigenvalue weighted by molar-refractivity contribution is 1.01. The van der Waals surface area contributed by atoms with Gasteiger partial charge < -0.3 is 0 Å². The monoisotopic (exact) mass is 820 g/mol. The molecule has 0 aliphatic carbocycles. The summed E-state index contributed by atoms with van der Waals surface area (Å²) in [4.78, 5) is 26.0. The van der Waals surface area contributed by atoms with Gasteiger partial charge in [-0.2, -0.15) is 21.0 Å². The molecule has 2 aromatic heterocycles. The van der Waals surface area contributed by atoms with Gasteiger partial charge in [-0.05, 0) is 121 Å². The molecule has 0 saturated carbocycles. The summed E-state index contributed by atoms with van der Waals surface area (Å²) in [5.74, 6) is 2.05. The third-order valence-electron chi connectivity index (χ3n) is 11.3. The lowest BCUT2D eigenvalue weighted by Crippen LogP contribution is -2.28. The topological polar surface area (TPSA) is 153 Å². The number of rotatable bonds is 6. The van der Waals surface area contributed by atoms with Gasteiger partial charge in [0.25, 0.3) is 0 Å². The highest BCUT2D eigenvalue weighted by Gasteiger charge is 2.37. The Labute approximate surface area is 369 Å². The number of anilines is 6. The van der Waals surface area contributed by atoms with Crippen LogP contribution in [0, 0.1) is 59.2 Å². The Morgan fingerprint density at radius 2 is 0.625 bits per heavy atom. The van der Waals surface area contributed by atoms with E-state index in [1.165, 1.54) is 0 Å². The van der Waals surface area contributed by atoms with E-state index in [1.54, 1.807) is 48.5 Å². The molecular formula is C54H32N10. The van der Waals surface area contributed by atoms with Crippen LogP contribution in [0.15, 0.2) is 158 Å². The molecule has 0 radical (unpaired) electrons. The first-order chi connectivity index (χ1) is 31.3. The number of hydrogen-bond donors (Lipinski definition) is 0. The van der Waals surface area contributed by atoms with Crippen LogP contribution in [0.1, 0.15) is 33.4 Å². The Morgan fingerprint density at radius 3 is 0.922 bits per heavy atom. The van der Waals surface area contributed by atoms with Crippen LogP contribution < -0.4 is 9.80 Å². The predicted molar refractivity (Wildman–Crippen MR) is 248 cm³/mol. The zero-order valence-corrected chi connectivity index (χ0v) is 34.5. The van der Waals surface area contributed by atoms with E-state index in [-0.39, 0.29) is 0 Å². The van der Waals surface area contributed by atoms with Crippen LogP contribution in [0.3, 0.4) is 0 Å². The van der Waals surface area contributed by atoms with Crippen LogP contribution in [0.4, 0.5) is 34.6 Å². The number of nitriles is 4. The maximum atomic E-state index is 9.69. The molecule has 0 spiro atoms. The number of fused-ring (bicyclic) bond motifs is 3. The highest BCUT2D eigenvalue weighted by atomic mass is 15.4. The van der Waals surface area contributed by atoms with Crippen molar-refractivity contribution in [3.05, 3.63) is 191 Å². The Morgan fingerprint density at radius 1 is 0.344 bits per heavy atom. The van der Waals surface area contributed by atoms with Gasteiger partial charge in [0.1, 0.15) is 0 Å². The van der Waals surface area contributed by atoms with Gasteiger partial charge in [0.15, 0.2) is 23.3 Å². The van der Waals surface area contributed by atoms with Crippen molar-refractivity contribution in [2.24, 2.45) is 0 Å². The Bertz CT molecular complexity index is 3230. The van der Waals surface area contributed by atoms with E-state index >= 15 is 0 Å². The fraction of sp³-hybridized carbons (Fsp3) is 0.0370. The average molecular weight is 821 g/mol. The summed E-state index contributed by atoms with van der Waals surface area (Å²) in [5, 5.41) is 38.6. The third kappa shape index (κ3) is 6.86. The van der Waals surface area contributed by atoms with Gasteiger partial charge in [0, 0.05) is 22.5 Å². The SMILES string of the molecule is Cc1ccc(N2c3nc(-c4ccc(C#N)cc4)c(-c4ccc(C#N)cc4)nc3N(c3ccc(C)cc3)c3nc4cc(-c5ccc(C#N)cc5)c(-c5ccc(C#N)cc5)cc4nc32)cc1. The molecule has 9 aromatic rings. The highest BCUT2D eigenvalue weighted by Crippen LogP contribution is 2.53. The molecule has 0 N–H and O–H groups in total. The summed E-state index contributed by atoms with van der Waals surface area (Å²) in [5.41, 5.74) is 13.3. The molecule has 0 unspecified atom stereocenters. The summed E-state index contributed by atoms with van der Waals surface area (Å²) in [6.07, 6.45) is 0. The Kier molecular flexibility index (Phi) is 9.58. The van der Waals surface area contributed by atoms with E-state index in [0.29, 0.717) is 67.9 Å². The lowest BCUT2D eigenvalue weighted by atomic mass is 9.93. The number of nitrogens with zero attached hydrogens (tertiary/aromatic N) is 10. The molecule has 10 heteroatoms. The molecule has 0 amide bonds. The van der Waals surface area contributed by atoms with E-state index in [2.05, 4.69) is 24.3 Å². The molecule has 10 rings (SSSR count). The Hall–Kier alpha value is -9.48. The van der Waals surface area contributed by atoms with Crippen molar-refractivity contribution in [3.63, 3.8) is 0 Å². The summed E-state index contributed by atoms with van der Waals surface area (Å²) in [6.45, 7) is 4.08. The largest absolute Gasteiger partial charge is 0.273 e. The van der Waals surface area contributed by atoms with Crippen LogP contribution in [0.2, 0.25) is 0 Å². The van der Waals surface area contributed by atoms with Crippen molar-refractivity contribution < 1.29 is 0 Å².